The van der Waals surface area contributed by atoms with Crippen molar-refractivity contribution in [3.05, 3.63) is 23.4 Å². The average Bonchev–Trinajstić information content (AvgIpc) is 2.90. The van der Waals surface area contributed by atoms with Crippen LogP contribution in [0.3, 0.4) is 0 Å². The van der Waals surface area contributed by atoms with Gasteiger partial charge in [0.15, 0.2) is 0 Å². The molecule has 1 aliphatic heterocycles. The van der Waals surface area contributed by atoms with Crippen molar-refractivity contribution in [3.8, 4) is 0 Å². The van der Waals surface area contributed by atoms with Crippen molar-refractivity contribution in [1.82, 2.24) is 9.88 Å². The van der Waals surface area contributed by atoms with Gasteiger partial charge in [0.2, 0.25) is 0 Å². The Morgan fingerprint density at radius 2 is 1.95 bits per heavy atom. The third-order valence-electron chi connectivity index (χ3n) is 3.59. The Balaban J connectivity index is 2.35. The summed E-state index contributed by atoms with van der Waals surface area (Å²) >= 11 is 0. The number of carbonyl (C=O) groups is 1. The minimum atomic E-state index is -0.0640. The highest BCUT2D eigenvalue weighted by molar-refractivity contribution is 5.95. The number of rotatable bonds is 3. The van der Waals surface area contributed by atoms with Crippen LogP contribution in [-0.4, -0.2) is 35.4 Å². The molecule has 1 aliphatic rings. The zero-order valence-electron chi connectivity index (χ0n) is 13.0. The second-order valence-corrected chi connectivity index (χ2v) is 6.41. The number of amides is 1. The molecule has 0 bridgehead atoms. The van der Waals surface area contributed by atoms with Crippen molar-refractivity contribution >= 4 is 11.7 Å². The third-order valence-corrected chi connectivity index (χ3v) is 3.59. The molecule has 0 saturated carbocycles. The summed E-state index contributed by atoms with van der Waals surface area (Å²) in [6.07, 6.45) is 2.23. The summed E-state index contributed by atoms with van der Waals surface area (Å²) in [5, 5.41) is 3.22. The molecule has 20 heavy (non-hydrogen) atoms. The number of likely N-dealkylation sites (tertiary alicyclic amines) is 1. The van der Waals surface area contributed by atoms with Gasteiger partial charge >= 0.3 is 0 Å². The van der Waals surface area contributed by atoms with Crippen LogP contribution in [0.25, 0.3) is 0 Å². The SMILES string of the molecule is CCNc1cc(C(=O)N2CCCC2)cc(C(C)(C)C)n1. The minimum Gasteiger partial charge on any atom is -0.370 e. The molecule has 0 aromatic carbocycles. The van der Waals surface area contributed by atoms with Crippen molar-refractivity contribution in [1.29, 1.82) is 0 Å². The maximum Gasteiger partial charge on any atom is 0.254 e. The summed E-state index contributed by atoms with van der Waals surface area (Å²) in [6.45, 7) is 11.0. The Bertz CT molecular complexity index is 485. The van der Waals surface area contributed by atoms with E-state index in [1.165, 1.54) is 0 Å². The van der Waals surface area contributed by atoms with Crippen LogP contribution in [0.1, 0.15) is 56.6 Å². The second-order valence-electron chi connectivity index (χ2n) is 6.41. The van der Waals surface area contributed by atoms with Gasteiger partial charge in [-0.25, -0.2) is 4.98 Å². The van der Waals surface area contributed by atoms with Crippen molar-refractivity contribution in [2.45, 2.75) is 46.0 Å². The van der Waals surface area contributed by atoms with Gasteiger partial charge in [0.25, 0.3) is 5.91 Å². The maximum atomic E-state index is 12.6. The molecule has 1 amide bonds. The fourth-order valence-corrected chi connectivity index (χ4v) is 2.41. The molecule has 0 spiro atoms. The lowest BCUT2D eigenvalue weighted by Crippen LogP contribution is -2.28. The molecule has 1 aromatic heterocycles. The molecule has 4 heteroatoms. The van der Waals surface area contributed by atoms with Gasteiger partial charge in [-0.2, -0.15) is 0 Å². The number of anilines is 1. The lowest BCUT2D eigenvalue weighted by molar-refractivity contribution is 0.0792. The van der Waals surface area contributed by atoms with Gasteiger partial charge in [-0.15, -0.1) is 0 Å². The van der Waals surface area contributed by atoms with Gasteiger partial charge in [0.1, 0.15) is 5.82 Å². The second kappa shape index (κ2) is 5.81. The zero-order chi connectivity index (χ0) is 14.8. The van der Waals surface area contributed by atoms with Gasteiger partial charge < -0.3 is 10.2 Å². The highest BCUT2D eigenvalue weighted by atomic mass is 16.2. The topological polar surface area (TPSA) is 45.2 Å². The van der Waals surface area contributed by atoms with Gasteiger partial charge in [0.05, 0.1) is 0 Å². The molecular weight excluding hydrogens is 250 g/mol. The number of aromatic nitrogens is 1. The molecule has 0 radical (unpaired) electrons. The van der Waals surface area contributed by atoms with Crippen LogP contribution in [0.15, 0.2) is 12.1 Å². The Morgan fingerprint density at radius 1 is 1.30 bits per heavy atom. The fraction of sp³-hybridized carbons (Fsp3) is 0.625. The standard InChI is InChI=1S/C16H25N3O/c1-5-17-14-11-12(10-13(18-14)16(2,3)4)15(20)19-8-6-7-9-19/h10-11H,5-9H2,1-4H3,(H,17,18). The van der Waals surface area contributed by atoms with Gasteiger partial charge in [-0.1, -0.05) is 20.8 Å². The van der Waals surface area contributed by atoms with Gasteiger partial charge in [-0.05, 0) is 31.9 Å². The molecule has 1 N–H and O–H groups in total. The van der Waals surface area contributed by atoms with Crippen LogP contribution in [-0.2, 0) is 5.41 Å². The first kappa shape index (κ1) is 14.8. The summed E-state index contributed by atoms with van der Waals surface area (Å²) in [6, 6.07) is 3.82. The molecule has 1 saturated heterocycles. The van der Waals surface area contributed by atoms with E-state index in [4.69, 9.17) is 0 Å². The first-order valence-electron chi connectivity index (χ1n) is 7.47. The van der Waals surface area contributed by atoms with Crippen LogP contribution >= 0.6 is 0 Å². The van der Waals surface area contributed by atoms with Crippen LogP contribution in [0.5, 0.6) is 0 Å². The molecule has 0 atom stereocenters. The predicted octanol–water partition coefficient (Wildman–Crippen LogP) is 3.05. The Morgan fingerprint density at radius 3 is 2.50 bits per heavy atom. The molecule has 0 unspecified atom stereocenters. The lowest BCUT2D eigenvalue weighted by atomic mass is 9.90. The van der Waals surface area contributed by atoms with E-state index in [1.54, 1.807) is 0 Å². The molecule has 0 aliphatic carbocycles. The highest BCUT2D eigenvalue weighted by Crippen LogP contribution is 2.24. The smallest absolute Gasteiger partial charge is 0.254 e. The van der Waals surface area contributed by atoms with Gasteiger partial charge in [-0.3, -0.25) is 4.79 Å². The monoisotopic (exact) mass is 275 g/mol. The van der Waals surface area contributed by atoms with E-state index in [9.17, 15) is 4.79 Å². The summed E-state index contributed by atoms with van der Waals surface area (Å²) < 4.78 is 0. The normalized spacial score (nSPS) is 15.5. The van der Waals surface area contributed by atoms with Crippen molar-refractivity contribution < 1.29 is 4.79 Å². The van der Waals surface area contributed by atoms with E-state index in [0.717, 1.165) is 49.6 Å². The molecule has 4 nitrogen and oxygen atoms in total. The fourth-order valence-electron chi connectivity index (χ4n) is 2.41. The Hall–Kier alpha value is -1.58. The van der Waals surface area contributed by atoms with E-state index in [2.05, 4.69) is 31.1 Å². The summed E-state index contributed by atoms with van der Waals surface area (Å²) in [5.41, 5.74) is 1.65. The quantitative estimate of drug-likeness (QED) is 0.922. The number of nitrogens with one attached hydrogen (secondary N) is 1. The minimum absolute atomic E-state index is 0.0640. The maximum absolute atomic E-state index is 12.6. The molecule has 1 aromatic rings. The molecule has 1 fully saturated rings. The lowest BCUT2D eigenvalue weighted by Gasteiger charge is -2.21. The number of pyridine rings is 1. The predicted molar refractivity (Wildman–Crippen MR) is 82.2 cm³/mol. The van der Waals surface area contributed by atoms with Crippen LogP contribution in [0.4, 0.5) is 5.82 Å². The van der Waals surface area contributed by atoms with Crippen molar-refractivity contribution in [3.63, 3.8) is 0 Å². The number of carbonyl (C=O) groups excluding carboxylic acids is 1. The summed E-state index contributed by atoms with van der Waals surface area (Å²) in [7, 11) is 0. The molecule has 110 valence electrons. The van der Waals surface area contributed by atoms with Crippen molar-refractivity contribution in [2.24, 2.45) is 0 Å². The van der Waals surface area contributed by atoms with E-state index < -0.39 is 0 Å². The largest absolute Gasteiger partial charge is 0.370 e. The van der Waals surface area contributed by atoms with E-state index in [-0.39, 0.29) is 11.3 Å². The number of hydrogen-bond donors (Lipinski definition) is 1. The van der Waals surface area contributed by atoms with E-state index in [0.29, 0.717) is 0 Å². The number of hydrogen-bond acceptors (Lipinski definition) is 3. The first-order chi connectivity index (χ1) is 9.41. The summed E-state index contributed by atoms with van der Waals surface area (Å²) in [4.78, 5) is 19.1. The summed E-state index contributed by atoms with van der Waals surface area (Å²) in [5.74, 6) is 0.928. The van der Waals surface area contributed by atoms with E-state index >= 15 is 0 Å². The first-order valence-corrected chi connectivity index (χ1v) is 7.47. The molecular formula is C16H25N3O. The van der Waals surface area contributed by atoms with Crippen LogP contribution in [0.2, 0.25) is 0 Å². The van der Waals surface area contributed by atoms with E-state index in [1.807, 2.05) is 24.0 Å². The van der Waals surface area contributed by atoms with Crippen LogP contribution < -0.4 is 5.32 Å². The van der Waals surface area contributed by atoms with Crippen LogP contribution in [0, 0.1) is 0 Å². The third kappa shape index (κ3) is 3.30. The highest BCUT2D eigenvalue weighted by Gasteiger charge is 2.23. The Labute approximate surface area is 121 Å². The molecule has 2 heterocycles. The van der Waals surface area contributed by atoms with Crippen molar-refractivity contribution in [2.75, 3.05) is 25.0 Å². The molecule has 2 rings (SSSR count). The average molecular weight is 275 g/mol. The Kier molecular flexibility index (Phi) is 4.31. The number of nitrogens with zero attached hydrogens (tertiary/aromatic N) is 2. The van der Waals surface area contributed by atoms with Gasteiger partial charge in [0, 0.05) is 36.3 Å². The zero-order valence-corrected chi connectivity index (χ0v) is 13.0.